The molecular weight excluding hydrogens is 285 g/mol. The Morgan fingerprint density at radius 2 is 2.16 bits per heavy atom. The van der Waals surface area contributed by atoms with Crippen LogP contribution in [0.1, 0.15) is 24.2 Å². The van der Waals surface area contributed by atoms with Gasteiger partial charge in [0, 0.05) is 17.1 Å². The van der Waals surface area contributed by atoms with Gasteiger partial charge in [-0.1, -0.05) is 23.2 Å². The molecule has 0 saturated carbocycles. The summed E-state index contributed by atoms with van der Waals surface area (Å²) in [6.07, 6.45) is 1.59. The monoisotopic (exact) mass is 299 g/mol. The fourth-order valence-corrected chi connectivity index (χ4v) is 2.47. The van der Waals surface area contributed by atoms with E-state index in [0.29, 0.717) is 22.3 Å². The summed E-state index contributed by atoms with van der Waals surface area (Å²) in [5.41, 5.74) is 7.84. The first-order valence-corrected chi connectivity index (χ1v) is 6.64. The van der Waals surface area contributed by atoms with E-state index in [4.69, 9.17) is 33.7 Å². The Kier molecular flexibility index (Phi) is 4.34. The highest BCUT2D eigenvalue weighted by Gasteiger charge is 2.21. The van der Waals surface area contributed by atoms with Gasteiger partial charge in [-0.05, 0) is 25.1 Å². The summed E-state index contributed by atoms with van der Waals surface area (Å²) in [4.78, 5) is 0. The fraction of sp³-hybridized carbons (Fsp3) is 0.308. The number of hydrogen-bond donors (Lipinski definition) is 1. The first-order valence-electron chi connectivity index (χ1n) is 5.88. The minimum Gasteiger partial charge on any atom is -0.496 e. The van der Waals surface area contributed by atoms with Crippen molar-refractivity contribution < 1.29 is 4.74 Å². The molecule has 0 aliphatic carbocycles. The van der Waals surface area contributed by atoms with E-state index in [9.17, 15) is 0 Å². The van der Waals surface area contributed by atoms with E-state index >= 15 is 0 Å². The van der Waals surface area contributed by atoms with Crippen LogP contribution in [0.15, 0.2) is 24.4 Å². The van der Waals surface area contributed by atoms with Crippen molar-refractivity contribution in [1.82, 2.24) is 9.78 Å². The topological polar surface area (TPSA) is 53.1 Å². The molecule has 4 nitrogen and oxygen atoms in total. The van der Waals surface area contributed by atoms with Crippen molar-refractivity contribution >= 4 is 23.2 Å². The molecule has 1 aromatic heterocycles. The Morgan fingerprint density at radius 1 is 1.42 bits per heavy atom. The first-order chi connectivity index (χ1) is 9.08. The second kappa shape index (κ2) is 5.82. The van der Waals surface area contributed by atoms with E-state index in [1.807, 2.05) is 6.92 Å². The molecule has 0 spiro atoms. The van der Waals surface area contributed by atoms with Gasteiger partial charge in [0.1, 0.15) is 5.75 Å². The van der Waals surface area contributed by atoms with Gasteiger partial charge in [0.05, 0.1) is 30.1 Å². The van der Waals surface area contributed by atoms with Gasteiger partial charge in [0.15, 0.2) is 0 Å². The van der Waals surface area contributed by atoms with E-state index in [0.717, 1.165) is 11.3 Å². The van der Waals surface area contributed by atoms with Gasteiger partial charge in [0.25, 0.3) is 0 Å². The van der Waals surface area contributed by atoms with Crippen molar-refractivity contribution in [1.29, 1.82) is 0 Å². The Hall–Kier alpha value is -1.23. The number of nitrogens with zero attached hydrogens (tertiary/aromatic N) is 2. The summed E-state index contributed by atoms with van der Waals surface area (Å²) >= 11 is 12.2. The summed E-state index contributed by atoms with van der Waals surface area (Å²) < 4.78 is 7.09. The number of hydrogen-bond acceptors (Lipinski definition) is 3. The molecule has 0 amide bonds. The molecule has 2 rings (SSSR count). The number of methoxy groups -OCH3 is 1. The van der Waals surface area contributed by atoms with Crippen LogP contribution in [0.5, 0.6) is 5.75 Å². The molecule has 6 heteroatoms. The molecule has 19 heavy (non-hydrogen) atoms. The maximum Gasteiger partial charge on any atom is 0.124 e. The van der Waals surface area contributed by atoms with Crippen LogP contribution < -0.4 is 10.5 Å². The molecule has 2 aromatic rings. The summed E-state index contributed by atoms with van der Waals surface area (Å²) in [5.74, 6) is 0.678. The standard InChI is InChI=1S/C13H15Cl2N3O/c1-3-18-13(10(15)7-17-18)12(16)9-6-8(14)4-5-11(9)19-2/h4-7,12H,3,16H2,1-2H3. The van der Waals surface area contributed by atoms with Crippen molar-refractivity contribution in [2.45, 2.75) is 19.5 Å². The Bertz CT molecular complexity index is 583. The highest BCUT2D eigenvalue weighted by Crippen LogP contribution is 2.33. The fourth-order valence-electron chi connectivity index (χ4n) is 2.03. The lowest BCUT2D eigenvalue weighted by Gasteiger charge is -2.17. The molecule has 102 valence electrons. The van der Waals surface area contributed by atoms with Crippen molar-refractivity contribution in [3.8, 4) is 5.75 Å². The average molecular weight is 300 g/mol. The Balaban J connectivity index is 2.51. The molecule has 1 atom stereocenters. The lowest BCUT2D eigenvalue weighted by molar-refractivity contribution is 0.407. The number of aryl methyl sites for hydroxylation is 1. The second-order valence-electron chi connectivity index (χ2n) is 4.06. The van der Waals surface area contributed by atoms with Gasteiger partial charge in [-0.3, -0.25) is 4.68 Å². The van der Waals surface area contributed by atoms with Crippen molar-refractivity contribution in [3.63, 3.8) is 0 Å². The molecule has 1 aromatic carbocycles. The van der Waals surface area contributed by atoms with Crippen molar-refractivity contribution in [3.05, 3.63) is 45.7 Å². The quantitative estimate of drug-likeness (QED) is 0.943. The maximum atomic E-state index is 6.30. The van der Waals surface area contributed by atoms with Gasteiger partial charge in [-0.2, -0.15) is 5.10 Å². The van der Waals surface area contributed by atoms with Crippen LogP contribution in [-0.2, 0) is 6.54 Å². The zero-order valence-corrected chi connectivity index (χ0v) is 12.2. The van der Waals surface area contributed by atoms with Crippen LogP contribution in [0.2, 0.25) is 10.0 Å². The van der Waals surface area contributed by atoms with Crippen LogP contribution >= 0.6 is 23.2 Å². The molecule has 0 bridgehead atoms. The summed E-state index contributed by atoms with van der Waals surface area (Å²) in [6.45, 7) is 2.67. The number of rotatable bonds is 4. The van der Waals surface area contributed by atoms with Gasteiger partial charge >= 0.3 is 0 Å². The minimum absolute atomic E-state index is 0.441. The molecule has 0 aliphatic rings. The second-order valence-corrected chi connectivity index (χ2v) is 4.90. The number of nitrogens with two attached hydrogens (primary N) is 1. The predicted molar refractivity (Wildman–Crippen MR) is 76.9 cm³/mol. The average Bonchev–Trinajstić information content (AvgIpc) is 2.79. The lowest BCUT2D eigenvalue weighted by Crippen LogP contribution is -2.18. The van der Waals surface area contributed by atoms with E-state index in [1.165, 1.54) is 0 Å². The van der Waals surface area contributed by atoms with Crippen LogP contribution in [0.4, 0.5) is 0 Å². The van der Waals surface area contributed by atoms with Crippen LogP contribution in [0, 0.1) is 0 Å². The zero-order chi connectivity index (χ0) is 14.0. The normalized spacial score (nSPS) is 12.5. The molecule has 1 heterocycles. The van der Waals surface area contributed by atoms with Crippen molar-refractivity contribution in [2.75, 3.05) is 7.11 Å². The molecule has 0 aliphatic heterocycles. The molecule has 2 N–H and O–H groups in total. The van der Waals surface area contributed by atoms with E-state index in [2.05, 4.69) is 5.10 Å². The van der Waals surface area contributed by atoms with Crippen molar-refractivity contribution in [2.24, 2.45) is 5.73 Å². The zero-order valence-electron chi connectivity index (χ0n) is 10.7. The molecule has 1 unspecified atom stereocenters. The SMILES string of the molecule is CCn1ncc(Cl)c1C(N)c1cc(Cl)ccc1OC. The number of halogens is 2. The lowest BCUT2D eigenvalue weighted by atomic mass is 10.0. The molecular formula is C13H15Cl2N3O. The summed E-state index contributed by atoms with van der Waals surface area (Å²) in [5, 5.41) is 5.33. The summed E-state index contributed by atoms with van der Waals surface area (Å²) in [7, 11) is 1.60. The number of ether oxygens (including phenoxy) is 1. The third kappa shape index (κ3) is 2.71. The number of aromatic nitrogens is 2. The third-order valence-electron chi connectivity index (χ3n) is 2.95. The van der Waals surface area contributed by atoms with Gasteiger partial charge in [0.2, 0.25) is 0 Å². The molecule has 0 saturated heterocycles. The Morgan fingerprint density at radius 3 is 2.79 bits per heavy atom. The van der Waals surface area contributed by atoms with Gasteiger partial charge in [-0.15, -0.1) is 0 Å². The van der Waals surface area contributed by atoms with Crippen LogP contribution in [0.25, 0.3) is 0 Å². The third-order valence-corrected chi connectivity index (χ3v) is 3.48. The largest absolute Gasteiger partial charge is 0.496 e. The van der Waals surface area contributed by atoms with E-state index in [-0.39, 0.29) is 0 Å². The summed E-state index contributed by atoms with van der Waals surface area (Å²) in [6, 6.07) is 4.89. The van der Waals surface area contributed by atoms with Crippen LogP contribution in [-0.4, -0.2) is 16.9 Å². The molecule has 0 radical (unpaired) electrons. The smallest absolute Gasteiger partial charge is 0.124 e. The van der Waals surface area contributed by atoms with E-state index in [1.54, 1.807) is 36.2 Å². The highest BCUT2D eigenvalue weighted by molar-refractivity contribution is 6.31. The van der Waals surface area contributed by atoms with Crippen LogP contribution in [0.3, 0.4) is 0 Å². The van der Waals surface area contributed by atoms with Gasteiger partial charge < -0.3 is 10.5 Å². The Labute approximate surface area is 122 Å². The molecule has 0 fully saturated rings. The maximum absolute atomic E-state index is 6.30. The van der Waals surface area contributed by atoms with E-state index < -0.39 is 6.04 Å². The predicted octanol–water partition coefficient (Wildman–Crippen LogP) is 3.27. The number of benzene rings is 1. The highest BCUT2D eigenvalue weighted by atomic mass is 35.5. The van der Waals surface area contributed by atoms with Gasteiger partial charge in [-0.25, -0.2) is 0 Å². The first kappa shape index (κ1) is 14.2. The minimum atomic E-state index is -0.441.